The van der Waals surface area contributed by atoms with Crippen LogP contribution in [0, 0.1) is 0 Å². The number of nitrogens with one attached hydrogen (secondary N) is 2. The summed E-state index contributed by atoms with van der Waals surface area (Å²) in [4.78, 5) is 30.0. The van der Waals surface area contributed by atoms with Crippen molar-refractivity contribution in [2.24, 2.45) is 0 Å². The molecule has 0 saturated carbocycles. The molecule has 3 saturated heterocycles. The van der Waals surface area contributed by atoms with Crippen LogP contribution in [-0.2, 0) is 9.59 Å². The minimum Gasteiger partial charge on any atom is -0.314 e. The van der Waals surface area contributed by atoms with Crippen LogP contribution >= 0.6 is 23.3 Å². The summed E-state index contributed by atoms with van der Waals surface area (Å²) in [7, 11) is 0. The molecule has 2 amide bonds. The minimum absolute atomic E-state index is 0.0724. The molecule has 148 valence electrons. The Morgan fingerprint density at radius 3 is 2.61 bits per heavy atom. The Bertz CT molecular complexity index is 929. The van der Waals surface area contributed by atoms with Gasteiger partial charge in [-0.05, 0) is 49.7 Å². The largest absolute Gasteiger partial charge is 0.314 e. The molecule has 2 aromatic heterocycles. The SMILES string of the molecule is CC1(C)SC2C(N3C(=O)C(c4cnsc4)NC3(C)C)C(=O)N2C1c1nnn[nH]1. The fraction of sp³-hybridized carbons (Fsp3) is 0.625. The van der Waals surface area contributed by atoms with Crippen molar-refractivity contribution in [1.82, 2.24) is 40.1 Å². The Morgan fingerprint density at radius 2 is 1.96 bits per heavy atom. The zero-order valence-corrected chi connectivity index (χ0v) is 17.4. The Kier molecular flexibility index (Phi) is 3.69. The number of carbonyl (C=O) groups excluding carboxylic acids is 2. The van der Waals surface area contributed by atoms with Gasteiger partial charge in [-0.1, -0.05) is 0 Å². The van der Waals surface area contributed by atoms with Crippen LogP contribution in [0.15, 0.2) is 11.6 Å². The van der Waals surface area contributed by atoms with Crippen molar-refractivity contribution in [1.29, 1.82) is 0 Å². The maximum Gasteiger partial charge on any atom is 0.250 e. The summed E-state index contributed by atoms with van der Waals surface area (Å²) in [5, 5.41) is 19.3. The number of rotatable bonds is 3. The number of carbonyl (C=O) groups is 2. The monoisotopic (exact) mass is 420 g/mol. The summed E-state index contributed by atoms with van der Waals surface area (Å²) >= 11 is 2.99. The normalized spacial score (nSPS) is 33.3. The molecule has 0 spiro atoms. The van der Waals surface area contributed by atoms with Crippen LogP contribution < -0.4 is 5.32 Å². The van der Waals surface area contributed by atoms with Crippen molar-refractivity contribution >= 4 is 35.1 Å². The molecule has 3 fully saturated rings. The van der Waals surface area contributed by atoms with E-state index in [1.54, 1.807) is 27.8 Å². The second-order valence-corrected chi connectivity index (χ2v) is 10.7. The number of hydrogen-bond acceptors (Lipinski definition) is 9. The first-order valence-electron chi connectivity index (χ1n) is 8.96. The molecule has 4 unspecified atom stereocenters. The number of H-pyrrole nitrogens is 1. The summed E-state index contributed by atoms with van der Waals surface area (Å²) < 4.78 is 3.82. The molecule has 28 heavy (non-hydrogen) atoms. The van der Waals surface area contributed by atoms with Gasteiger partial charge in [-0.25, -0.2) is 9.47 Å². The summed E-state index contributed by atoms with van der Waals surface area (Å²) in [5.74, 6) is 0.405. The first kappa shape index (κ1) is 18.0. The summed E-state index contributed by atoms with van der Waals surface area (Å²) in [6.07, 6.45) is 1.70. The Morgan fingerprint density at radius 1 is 1.18 bits per heavy atom. The summed E-state index contributed by atoms with van der Waals surface area (Å²) in [5.41, 5.74) is 0.186. The minimum atomic E-state index is -0.646. The number of hydrogen-bond donors (Lipinski definition) is 2. The van der Waals surface area contributed by atoms with Crippen molar-refractivity contribution in [2.75, 3.05) is 0 Å². The molecule has 3 aliphatic rings. The molecule has 3 aliphatic heterocycles. The molecule has 10 nitrogen and oxygen atoms in total. The van der Waals surface area contributed by atoms with Crippen LogP contribution in [0.4, 0.5) is 0 Å². The zero-order valence-electron chi connectivity index (χ0n) is 15.8. The fourth-order valence-electron chi connectivity index (χ4n) is 4.52. The number of tetrazole rings is 1. The highest BCUT2D eigenvalue weighted by atomic mass is 32.2. The maximum absolute atomic E-state index is 13.3. The number of nitrogens with zero attached hydrogens (tertiary/aromatic N) is 6. The average molecular weight is 421 g/mol. The van der Waals surface area contributed by atoms with Gasteiger partial charge in [0.1, 0.15) is 23.5 Å². The third kappa shape index (κ3) is 2.31. The Balaban J connectivity index is 1.47. The molecule has 4 atom stereocenters. The molecule has 12 heteroatoms. The number of aromatic nitrogens is 5. The van der Waals surface area contributed by atoms with E-state index in [0.29, 0.717) is 5.82 Å². The number of fused-ring (bicyclic) bond motifs is 1. The molecule has 0 aromatic carbocycles. The lowest BCUT2D eigenvalue weighted by Crippen LogP contribution is -2.71. The molecular formula is C16H20N8O2S2. The molecule has 0 radical (unpaired) electrons. The fourth-order valence-corrected chi connectivity index (χ4v) is 6.77. The molecule has 2 aromatic rings. The third-order valence-corrected chi connectivity index (χ3v) is 7.84. The number of amides is 2. The van der Waals surface area contributed by atoms with Crippen LogP contribution in [0.3, 0.4) is 0 Å². The average Bonchev–Trinajstić information content (AvgIpc) is 3.38. The van der Waals surface area contributed by atoms with E-state index >= 15 is 0 Å². The van der Waals surface area contributed by atoms with Gasteiger partial charge in [0.25, 0.3) is 0 Å². The van der Waals surface area contributed by atoms with E-state index in [0.717, 1.165) is 5.56 Å². The van der Waals surface area contributed by atoms with E-state index in [4.69, 9.17) is 0 Å². The number of thioether (sulfide) groups is 1. The number of β-lactam (4-membered cyclic amide) rings is 1. The predicted octanol–water partition coefficient (Wildman–Crippen LogP) is 0.669. The lowest BCUT2D eigenvalue weighted by molar-refractivity contribution is -0.165. The van der Waals surface area contributed by atoms with Gasteiger partial charge in [0.15, 0.2) is 5.82 Å². The Labute approximate surface area is 169 Å². The highest BCUT2D eigenvalue weighted by Gasteiger charge is 2.67. The molecule has 5 heterocycles. The van der Waals surface area contributed by atoms with E-state index in [-0.39, 0.29) is 28.0 Å². The lowest BCUT2D eigenvalue weighted by Gasteiger charge is -2.50. The highest BCUT2D eigenvalue weighted by Crippen LogP contribution is 2.58. The van der Waals surface area contributed by atoms with Gasteiger partial charge < -0.3 is 9.80 Å². The molecule has 0 aliphatic carbocycles. The molecule has 0 bridgehead atoms. The lowest BCUT2D eigenvalue weighted by atomic mass is 9.93. The Hall–Kier alpha value is -2.05. The summed E-state index contributed by atoms with van der Waals surface area (Å²) in [6.45, 7) is 8.01. The second-order valence-electron chi connectivity index (χ2n) is 8.29. The third-order valence-electron chi connectivity index (χ3n) is 5.68. The second kappa shape index (κ2) is 5.74. The first-order valence-corrected chi connectivity index (χ1v) is 10.7. The van der Waals surface area contributed by atoms with Gasteiger partial charge in [0.05, 0.1) is 5.66 Å². The van der Waals surface area contributed by atoms with Crippen molar-refractivity contribution in [3.63, 3.8) is 0 Å². The predicted molar refractivity (Wildman–Crippen MR) is 102 cm³/mol. The van der Waals surface area contributed by atoms with Crippen LogP contribution in [0.5, 0.6) is 0 Å². The van der Waals surface area contributed by atoms with E-state index in [1.807, 2.05) is 19.2 Å². The van der Waals surface area contributed by atoms with Gasteiger partial charge >= 0.3 is 0 Å². The standard InChI is InChI=1S/C16H20N8O2S2/c1-15(2)10(11-19-21-22-20-11)23-13(26)9(14(23)28-15)24-12(25)8(18-16(24,3)4)7-5-17-27-6-7/h5-6,8-10,14,18H,1-4H3,(H,19,20,21,22). The van der Waals surface area contributed by atoms with Gasteiger partial charge in [-0.15, -0.1) is 16.9 Å². The molecular weight excluding hydrogens is 400 g/mol. The quantitative estimate of drug-likeness (QED) is 0.695. The van der Waals surface area contributed by atoms with Gasteiger partial charge in [-0.2, -0.15) is 0 Å². The van der Waals surface area contributed by atoms with E-state index in [9.17, 15) is 9.59 Å². The van der Waals surface area contributed by atoms with Crippen LogP contribution in [0.25, 0.3) is 0 Å². The van der Waals surface area contributed by atoms with Gasteiger partial charge in [0.2, 0.25) is 11.8 Å². The van der Waals surface area contributed by atoms with Crippen molar-refractivity contribution in [2.45, 2.75) is 61.6 Å². The summed E-state index contributed by atoms with van der Waals surface area (Å²) in [6, 6.07) is -1.26. The van der Waals surface area contributed by atoms with E-state index in [2.05, 4.69) is 44.2 Å². The number of aromatic amines is 1. The first-order chi connectivity index (χ1) is 13.2. The van der Waals surface area contributed by atoms with E-state index < -0.39 is 17.7 Å². The van der Waals surface area contributed by atoms with Crippen LogP contribution in [0.2, 0.25) is 0 Å². The van der Waals surface area contributed by atoms with Crippen molar-refractivity contribution < 1.29 is 9.59 Å². The van der Waals surface area contributed by atoms with Gasteiger partial charge in [-0.3, -0.25) is 14.9 Å². The molecule has 5 rings (SSSR count). The van der Waals surface area contributed by atoms with E-state index in [1.165, 1.54) is 11.5 Å². The van der Waals surface area contributed by atoms with Crippen molar-refractivity contribution in [3.8, 4) is 0 Å². The zero-order chi connectivity index (χ0) is 19.8. The van der Waals surface area contributed by atoms with Crippen molar-refractivity contribution in [3.05, 3.63) is 23.0 Å². The topological polar surface area (TPSA) is 120 Å². The smallest absolute Gasteiger partial charge is 0.250 e. The van der Waals surface area contributed by atoms with Gasteiger partial charge in [0, 0.05) is 21.9 Å². The van der Waals surface area contributed by atoms with Crippen LogP contribution in [-0.4, -0.2) is 68.4 Å². The highest BCUT2D eigenvalue weighted by molar-refractivity contribution is 8.01. The maximum atomic E-state index is 13.3. The van der Waals surface area contributed by atoms with Crippen LogP contribution in [0.1, 0.15) is 51.2 Å². The molecule has 2 N–H and O–H groups in total.